The molecule has 0 spiro atoms. The number of anilines is 1. The minimum absolute atomic E-state index is 0.0419. The van der Waals surface area contributed by atoms with Crippen molar-refractivity contribution in [3.63, 3.8) is 0 Å². The van der Waals surface area contributed by atoms with Gasteiger partial charge in [0.15, 0.2) is 0 Å². The van der Waals surface area contributed by atoms with Gasteiger partial charge >= 0.3 is 0 Å². The summed E-state index contributed by atoms with van der Waals surface area (Å²) in [5, 5.41) is 2.91. The third-order valence-electron chi connectivity index (χ3n) is 4.38. The molecule has 0 aliphatic carbocycles. The van der Waals surface area contributed by atoms with Crippen LogP contribution in [0.2, 0.25) is 5.02 Å². The summed E-state index contributed by atoms with van der Waals surface area (Å²) >= 11 is 7.49. The highest BCUT2D eigenvalue weighted by Gasteiger charge is 2.35. The maximum Gasteiger partial charge on any atom is 0.256 e. The molecule has 1 atom stereocenters. The Balaban J connectivity index is 1.77. The maximum atomic E-state index is 13.2. The highest BCUT2D eigenvalue weighted by molar-refractivity contribution is 7.99. The van der Waals surface area contributed by atoms with Crippen LogP contribution in [0.15, 0.2) is 36.4 Å². The van der Waals surface area contributed by atoms with Crippen molar-refractivity contribution in [3.05, 3.63) is 63.9 Å². The van der Waals surface area contributed by atoms with Crippen LogP contribution in [0.3, 0.4) is 0 Å². The summed E-state index contributed by atoms with van der Waals surface area (Å²) in [6.07, 6.45) is 0. The predicted molar refractivity (Wildman–Crippen MR) is 103 cm³/mol. The number of hydrogen-bond acceptors (Lipinski definition) is 3. The average Bonchev–Trinajstić information content (AvgIpc) is 3.07. The molecule has 136 valence electrons. The molecule has 26 heavy (non-hydrogen) atoms. The Hall–Kier alpha value is -2.05. The van der Waals surface area contributed by atoms with E-state index in [4.69, 9.17) is 11.6 Å². The van der Waals surface area contributed by atoms with E-state index in [1.54, 1.807) is 0 Å². The first-order valence-electron chi connectivity index (χ1n) is 8.08. The average molecular weight is 393 g/mol. The Kier molecular flexibility index (Phi) is 5.53. The van der Waals surface area contributed by atoms with Crippen LogP contribution in [-0.2, 0) is 4.79 Å². The second-order valence-electron chi connectivity index (χ2n) is 6.20. The zero-order chi connectivity index (χ0) is 18.8. The molecular formula is C19H18ClFN2O2S. The van der Waals surface area contributed by atoms with Gasteiger partial charge in [-0.2, -0.15) is 0 Å². The zero-order valence-corrected chi connectivity index (χ0v) is 16.0. The van der Waals surface area contributed by atoms with Crippen LogP contribution in [0.25, 0.3) is 0 Å². The van der Waals surface area contributed by atoms with Gasteiger partial charge in [0.05, 0.1) is 16.5 Å². The number of amides is 2. The number of rotatable bonds is 3. The van der Waals surface area contributed by atoms with Gasteiger partial charge in [-0.1, -0.05) is 17.7 Å². The fourth-order valence-electron chi connectivity index (χ4n) is 2.72. The van der Waals surface area contributed by atoms with Crippen molar-refractivity contribution in [2.24, 2.45) is 0 Å². The van der Waals surface area contributed by atoms with Gasteiger partial charge < -0.3 is 10.2 Å². The van der Waals surface area contributed by atoms with E-state index in [0.29, 0.717) is 17.3 Å². The van der Waals surface area contributed by atoms with E-state index in [9.17, 15) is 14.0 Å². The summed E-state index contributed by atoms with van der Waals surface area (Å²) in [5.41, 5.74) is 3.11. The van der Waals surface area contributed by atoms with E-state index in [2.05, 4.69) is 5.32 Å². The molecule has 1 fully saturated rings. The molecule has 4 nitrogen and oxygen atoms in total. The molecule has 2 amide bonds. The van der Waals surface area contributed by atoms with Crippen molar-refractivity contribution < 1.29 is 14.0 Å². The standard InChI is InChI=1S/C19H18ClFN2O2S/c1-11-3-5-14(7-12(11)2)22-18(24)17-9-26-10-23(17)19(25)15-6-4-13(21)8-16(15)20/h3-8,17H,9-10H2,1-2H3,(H,22,24). The quantitative estimate of drug-likeness (QED) is 0.849. The first-order valence-corrected chi connectivity index (χ1v) is 9.62. The summed E-state index contributed by atoms with van der Waals surface area (Å²) in [7, 11) is 0. The Morgan fingerprint density at radius 1 is 1.19 bits per heavy atom. The summed E-state index contributed by atoms with van der Waals surface area (Å²) in [4.78, 5) is 26.9. The number of carbonyl (C=O) groups is 2. The number of nitrogens with zero attached hydrogens (tertiary/aromatic N) is 1. The van der Waals surface area contributed by atoms with Crippen LogP contribution >= 0.6 is 23.4 Å². The van der Waals surface area contributed by atoms with Gasteiger partial charge in [0.1, 0.15) is 11.9 Å². The van der Waals surface area contributed by atoms with Crippen molar-refractivity contribution >= 4 is 40.9 Å². The maximum absolute atomic E-state index is 13.2. The number of thioether (sulfide) groups is 1. The lowest BCUT2D eigenvalue weighted by atomic mass is 10.1. The number of halogens is 2. The van der Waals surface area contributed by atoms with Gasteiger partial charge in [0, 0.05) is 11.4 Å². The van der Waals surface area contributed by atoms with Crippen LogP contribution < -0.4 is 5.32 Å². The second kappa shape index (κ2) is 7.68. The van der Waals surface area contributed by atoms with E-state index in [-0.39, 0.29) is 22.4 Å². The molecule has 0 bridgehead atoms. The Labute approximate surface area is 160 Å². The second-order valence-corrected chi connectivity index (χ2v) is 7.61. The molecule has 0 aromatic heterocycles. The number of aryl methyl sites for hydroxylation is 2. The largest absolute Gasteiger partial charge is 0.324 e. The molecular weight excluding hydrogens is 375 g/mol. The van der Waals surface area contributed by atoms with Gasteiger partial charge in [0.25, 0.3) is 5.91 Å². The number of hydrogen-bond donors (Lipinski definition) is 1. The van der Waals surface area contributed by atoms with Crippen LogP contribution in [0.4, 0.5) is 10.1 Å². The van der Waals surface area contributed by atoms with Crippen LogP contribution in [0.5, 0.6) is 0 Å². The van der Waals surface area contributed by atoms with Gasteiger partial charge in [-0.05, 0) is 55.3 Å². The summed E-state index contributed by atoms with van der Waals surface area (Å²) in [6.45, 7) is 3.98. The third-order valence-corrected chi connectivity index (χ3v) is 5.71. The van der Waals surface area contributed by atoms with Crippen LogP contribution in [0.1, 0.15) is 21.5 Å². The Morgan fingerprint density at radius 2 is 1.96 bits per heavy atom. The molecule has 2 aromatic rings. The highest BCUT2D eigenvalue weighted by atomic mass is 35.5. The van der Waals surface area contributed by atoms with Gasteiger partial charge in [-0.15, -0.1) is 11.8 Å². The molecule has 1 aliphatic heterocycles. The summed E-state index contributed by atoms with van der Waals surface area (Å²) < 4.78 is 13.2. The lowest BCUT2D eigenvalue weighted by Gasteiger charge is -2.23. The van der Waals surface area contributed by atoms with Crippen LogP contribution in [-0.4, -0.2) is 34.4 Å². The predicted octanol–water partition coefficient (Wildman–Crippen LogP) is 4.25. The number of carbonyl (C=O) groups excluding carboxylic acids is 2. The summed E-state index contributed by atoms with van der Waals surface area (Å²) in [6, 6.07) is 8.71. The van der Waals surface area contributed by atoms with E-state index in [1.165, 1.54) is 28.8 Å². The SMILES string of the molecule is Cc1ccc(NC(=O)C2CSCN2C(=O)c2ccc(F)cc2Cl)cc1C. The number of benzene rings is 2. The molecule has 7 heteroatoms. The molecule has 1 heterocycles. The van der Waals surface area contributed by atoms with Crippen LogP contribution in [0, 0.1) is 19.7 Å². The van der Waals surface area contributed by atoms with Crippen molar-refractivity contribution in [3.8, 4) is 0 Å². The first-order chi connectivity index (χ1) is 12.4. The lowest BCUT2D eigenvalue weighted by Crippen LogP contribution is -2.44. The third kappa shape index (κ3) is 3.86. The normalized spacial score (nSPS) is 16.6. The smallest absolute Gasteiger partial charge is 0.256 e. The van der Waals surface area contributed by atoms with E-state index < -0.39 is 11.9 Å². The van der Waals surface area contributed by atoms with Gasteiger partial charge in [-0.25, -0.2) is 4.39 Å². The monoisotopic (exact) mass is 392 g/mol. The molecule has 1 unspecified atom stereocenters. The molecule has 3 rings (SSSR count). The van der Waals surface area contributed by atoms with Gasteiger partial charge in [-0.3, -0.25) is 9.59 Å². The minimum atomic E-state index is -0.602. The molecule has 1 N–H and O–H groups in total. The van der Waals surface area contributed by atoms with Gasteiger partial charge in [0.2, 0.25) is 5.91 Å². The van der Waals surface area contributed by atoms with Crippen molar-refractivity contribution in [1.29, 1.82) is 0 Å². The Morgan fingerprint density at radius 3 is 2.65 bits per heavy atom. The minimum Gasteiger partial charge on any atom is -0.324 e. The first kappa shape index (κ1) is 18.7. The molecule has 1 aliphatic rings. The van der Waals surface area contributed by atoms with Crippen molar-refractivity contribution in [2.45, 2.75) is 19.9 Å². The van der Waals surface area contributed by atoms with E-state index in [0.717, 1.165) is 17.2 Å². The molecule has 0 radical (unpaired) electrons. The fraction of sp³-hybridized carbons (Fsp3) is 0.263. The topological polar surface area (TPSA) is 49.4 Å². The van der Waals surface area contributed by atoms with E-state index >= 15 is 0 Å². The zero-order valence-electron chi connectivity index (χ0n) is 14.4. The fourth-order valence-corrected chi connectivity index (χ4v) is 4.12. The van der Waals surface area contributed by atoms with Crippen molar-refractivity contribution in [2.75, 3.05) is 16.9 Å². The summed E-state index contributed by atoms with van der Waals surface area (Å²) in [5.74, 6) is -0.241. The molecule has 1 saturated heterocycles. The number of nitrogens with one attached hydrogen (secondary N) is 1. The Bertz CT molecular complexity index is 875. The molecule has 2 aromatic carbocycles. The van der Waals surface area contributed by atoms with E-state index in [1.807, 2.05) is 32.0 Å². The van der Waals surface area contributed by atoms with Crippen molar-refractivity contribution in [1.82, 2.24) is 4.90 Å². The lowest BCUT2D eigenvalue weighted by molar-refractivity contribution is -0.119. The molecule has 0 saturated carbocycles. The highest BCUT2D eigenvalue weighted by Crippen LogP contribution is 2.27.